The van der Waals surface area contributed by atoms with E-state index in [9.17, 15) is 0 Å². The number of aromatic nitrogens is 1. The van der Waals surface area contributed by atoms with Gasteiger partial charge in [0.1, 0.15) is 5.75 Å². The smallest absolute Gasteiger partial charge is 0.164 e. The Labute approximate surface area is 147 Å². The molecule has 0 unspecified atom stereocenters. The summed E-state index contributed by atoms with van der Waals surface area (Å²) in [6.45, 7) is 1.57. The minimum Gasteiger partial charge on any atom is -0.496 e. The van der Waals surface area contributed by atoms with Gasteiger partial charge in [-0.3, -0.25) is 0 Å². The Kier molecular flexibility index (Phi) is 5.46. The minimum atomic E-state index is 0.668. The maximum absolute atomic E-state index is 5.47. The van der Waals surface area contributed by atoms with Gasteiger partial charge in [0.25, 0.3) is 0 Å². The standard InChI is InChI=1S/C20H24N2O3/c1-23-18-11-20(25-3)19(24-2)10-15(18)12-21-9-8-14-13-22-17-7-5-4-6-16(14)17/h4-7,10-11,13,21-22H,8-9,12H2,1-3H3. The number of para-hydroxylation sites is 1. The Balaban J connectivity index is 1.63. The topological polar surface area (TPSA) is 55.5 Å². The zero-order valence-corrected chi connectivity index (χ0v) is 14.9. The monoisotopic (exact) mass is 340 g/mol. The molecule has 0 saturated carbocycles. The van der Waals surface area contributed by atoms with Gasteiger partial charge in [-0.25, -0.2) is 0 Å². The third-order valence-corrected chi connectivity index (χ3v) is 4.35. The van der Waals surface area contributed by atoms with Crippen LogP contribution in [0.1, 0.15) is 11.1 Å². The lowest BCUT2D eigenvalue weighted by molar-refractivity contribution is 0.347. The number of aromatic amines is 1. The van der Waals surface area contributed by atoms with E-state index in [0.717, 1.165) is 24.3 Å². The second-order valence-corrected chi connectivity index (χ2v) is 5.81. The first kappa shape index (κ1) is 17.2. The number of fused-ring (bicyclic) bond motifs is 1. The van der Waals surface area contributed by atoms with E-state index in [1.807, 2.05) is 18.2 Å². The second kappa shape index (κ2) is 7.94. The van der Waals surface area contributed by atoms with Gasteiger partial charge in [-0.1, -0.05) is 18.2 Å². The summed E-state index contributed by atoms with van der Waals surface area (Å²) >= 11 is 0. The fourth-order valence-corrected chi connectivity index (χ4v) is 3.02. The van der Waals surface area contributed by atoms with Crippen LogP contribution in [0.15, 0.2) is 42.6 Å². The summed E-state index contributed by atoms with van der Waals surface area (Å²) in [5.41, 5.74) is 3.54. The molecule has 0 bridgehead atoms. The van der Waals surface area contributed by atoms with Gasteiger partial charge in [-0.2, -0.15) is 0 Å². The Hall–Kier alpha value is -2.66. The van der Waals surface area contributed by atoms with Crippen molar-refractivity contribution in [2.24, 2.45) is 0 Å². The molecule has 2 aromatic carbocycles. The number of hydrogen-bond donors (Lipinski definition) is 2. The average molecular weight is 340 g/mol. The van der Waals surface area contributed by atoms with E-state index in [4.69, 9.17) is 14.2 Å². The van der Waals surface area contributed by atoms with Crippen molar-refractivity contribution in [3.8, 4) is 17.2 Å². The molecule has 0 saturated heterocycles. The molecular formula is C20H24N2O3. The first-order valence-corrected chi connectivity index (χ1v) is 8.31. The van der Waals surface area contributed by atoms with Crippen molar-refractivity contribution in [1.29, 1.82) is 0 Å². The van der Waals surface area contributed by atoms with Gasteiger partial charge in [0.2, 0.25) is 0 Å². The summed E-state index contributed by atoms with van der Waals surface area (Å²) < 4.78 is 16.2. The lowest BCUT2D eigenvalue weighted by Crippen LogP contribution is -2.17. The molecule has 3 aromatic rings. The molecule has 0 aliphatic rings. The highest BCUT2D eigenvalue weighted by Crippen LogP contribution is 2.34. The molecule has 0 spiro atoms. The summed E-state index contributed by atoms with van der Waals surface area (Å²) in [6, 6.07) is 12.2. The summed E-state index contributed by atoms with van der Waals surface area (Å²) in [5.74, 6) is 2.16. The van der Waals surface area contributed by atoms with E-state index in [0.29, 0.717) is 18.0 Å². The number of benzene rings is 2. The third-order valence-electron chi connectivity index (χ3n) is 4.35. The summed E-state index contributed by atoms with van der Waals surface area (Å²) in [6.07, 6.45) is 3.04. The minimum absolute atomic E-state index is 0.668. The molecule has 132 valence electrons. The van der Waals surface area contributed by atoms with E-state index < -0.39 is 0 Å². The highest BCUT2D eigenvalue weighted by Gasteiger charge is 2.11. The Morgan fingerprint density at radius 2 is 1.60 bits per heavy atom. The van der Waals surface area contributed by atoms with Crippen LogP contribution in [0.4, 0.5) is 0 Å². The molecule has 3 rings (SSSR count). The fourth-order valence-electron chi connectivity index (χ4n) is 3.02. The first-order chi connectivity index (χ1) is 12.3. The SMILES string of the molecule is COc1cc(OC)c(OC)cc1CNCCc1c[nH]c2ccccc12. The van der Waals surface area contributed by atoms with Crippen LogP contribution < -0.4 is 19.5 Å². The zero-order valence-electron chi connectivity index (χ0n) is 14.9. The summed E-state index contributed by atoms with van der Waals surface area (Å²) in [5, 5.41) is 4.76. The van der Waals surface area contributed by atoms with Gasteiger partial charge in [0.15, 0.2) is 11.5 Å². The number of methoxy groups -OCH3 is 3. The second-order valence-electron chi connectivity index (χ2n) is 5.81. The van der Waals surface area contributed by atoms with Gasteiger partial charge in [-0.05, 0) is 30.7 Å². The predicted molar refractivity (Wildman–Crippen MR) is 99.8 cm³/mol. The van der Waals surface area contributed by atoms with E-state index in [2.05, 4.69) is 34.7 Å². The van der Waals surface area contributed by atoms with Crippen molar-refractivity contribution in [2.45, 2.75) is 13.0 Å². The highest BCUT2D eigenvalue weighted by atomic mass is 16.5. The van der Waals surface area contributed by atoms with Crippen molar-refractivity contribution < 1.29 is 14.2 Å². The number of hydrogen-bond acceptors (Lipinski definition) is 4. The molecule has 5 nitrogen and oxygen atoms in total. The maximum atomic E-state index is 5.47. The van der Waals surface area contributed by atoms with Crippen LogP contribution in [-0.4, -0.2) is 32.9 Å². The van der Waals surface area contributed by atoms with E-state index >= 15 is 0 Å². The van der Waals surface area contributed by atoms with Crippen LogP contribution in [0.3, 0.4) is 0 Å². The van der Waals surface area contributed by atoms with Crippen molar-refractivity contribution in [3.05, 3.63) is 53.7 Å². The molecular weight excluding hydrogens is 316 g/mol. The van der Waals surface area contributed by atoms with Gasteiger partial charge < -0.3 is 24.5 Å². The van der Waals surface area contributed by atoms with Crippen molar-refractivity contribution in [2.75, 3.05) is 27.9 Å². The molecule has 0 aliphatic heterocycles. The zero-order chi connectivity index (χ0) is 17.6. The Morgan fingerprint density at radius 1 is 0.880 bits per heavy atom. The normalized spacial score (nSPS) is 10.8. The van der Waals surface area contributed by atoms with Crippen molar-refractivity contribution in [1.82, 2.24) is 10.3 Å². The lowest BCUT2D eigenvalue weighted by Gasteiger charge is -2.14. The Bertz CT molecular complexity index is 842. The molecule has 0 radical (unpaired) electrons. The molecule has 25 heavy (non-hydrogen) atoms. The molecule has 0 fully saturated rings. The van der Waals surface area contributed by atoms with Gasteiger partial charge in [-0.15, -0.1) is 0 Å². The van der Waals surface area contributed by atoms with Crippen LogP contribution in [0.2, 0.25) is 0 Å². The van der Waals surface area contributed by atoms with Crippen LogP contribution in [0.25, 0.3) is 10.9 Å². The number of rotatable bonds is 8. The maximum Gasteiger partial charge on any atom is 0.164 e. The molecule has 1 heterocycles. The first-order valence-electron chi connectivity index (χ1n) is 8.31. The fraction of sp³-hybridized carbons (Fsp3) is 0.300. The molecule has 2 N–H and O–H groups in total. The van der Waals surface area contributed by atoms with Crippen molar-refractivity contribution in [3.63, 3.8) is 0 Å². The van der Waals surface area contributed by atoms with Gasteiger partial charge >= 0.3 is 0 Å². The van der Waals surface area contributed by atoms with Crippen molar-refractivity contribution >= 4 is 10.9 Å². The van der Waals surface area contributed by atoms with E-state index in [1.165, 1.54) is 16.5 Å². The van der Waals surface area contributed by atoms with Crippen LogP contribution in [0, 0.1) is 0 Å². The molecule has 0 atom stereocenters. The van der Waals surface area contributed by atoms with Crippen LogP contribution in [0.5, 0.6) is 17.2 Å². The molecule has 0 aliphatic carbocycles. The van der Waals surface area contributed by atoms with Gasteiger partial charge in [0.05, 0.1) is 21.3 Å². The summed E-state index contributed by atoms with van der Waals surface area (Å²) in [4.78, 5) is 3.31. The summed E-state index contributed by atoms with van der Waals surface area (Å²) in [7, 11) is 4.92. The number of nitrogens with one attached hydrogen (secondary N) is 2. The van der Waals surface area contributed by atoms with Crippen LogP contribution >= 0.6 is 0 Å². The highest BCUT2D eigenvalue weighted by molar-refractivity contribution is 5.83. The van der Waals surface area contributed by atoms with Gasteiger partial charge in [0, 0.05) is 35.3 Å². The molecule has 1 aromatic heterocycles. The van der Waals surface area contributed by atoms with Crippen LogP contribution in [-0.2, 0) is 13.0 Å². The lowest BCUT2D eigenvalue weighted by atomic mass is 10.1. The number of ether oxygens (including phenoxy) is 3. The quantitative estimate of drug-likeness (QED) is 0.616. The third kappa shape index (κ3) is 3.72. The van der Waals surface area contributed by atoms with E-state index in [1.54, 1.807) is 21.3 Å². The Morgan fingerprint density at radius 3 is 2.36 bits per heavy atom. The van der Waals surface area contributed by atoms with E-state index in [-0.39, 0.29) is 0 Å². The predicted octanol–water partition coefficient (Wildman–Crippen LogP) is 3.53. The number of H-pyrrole nitrogens is 1. The average Bonchev–Trinajstić information content (AvgIpc) is 3.07. The largest absolute Gasteiger partial charge is 0.496 e. The molecule has 5 heteroatoms. The molecule has 0 amide bonds.